The van der Waals surface area contributed by atoms with Crippen LogP contribution in [-0.4, -0.2) is 47.7 Å². The monoisotopic (exact) mass is 245 g/mol. The van der Waals surface area contributed by atoms with Crippen molar-refractivity contribution in [2.24, 2.45) is 0 Å². The first kappa shape index (κ1) is 15.9. The Morgan fingerprint density at radius 1 is 1.35 bits per heavy atom. The van der Waals surface area contributed by atoms with E-state index < -0.39 is 5.97 Å². The molecule has 0 aromatic heterocycles. The van der Waals surface area contributed by atoms with E-state index >= 15 is 0 Å². The summed E-state index contributed by atoms with van der Waals surface area (Å²) >= 11 is 0. The molecule has 0 saturated heterocycles. The number of carbonyl (C=O) groups is 2. The molecular formula is C12H23NO4. The van der Waals surface area contributed by atoms with Gasteiger partial charge in [0.05, 0.1) is 6.42 Å². The number of carbonyl (C=O) groups excluding carboxylic acids is 1. The van der Waals surface area contributed by atoms with Gasteiger partial charge in [0.15, 0.2) is 0 Å². The van der Waals surface area contributed by atoms with Crippen molar-refractivity contribution in [3.63, 3.8) is 0 Å². The second-order valence-electron chi connectivity index (χ2n) is 3.93. The summed E-state index contributed by atoms with van der Waals surface area (Å²) in [7, 11) is 0. The first-order valence-electron chi connectivity index (χ1n) is 6.11. The molecule has 0 bridgehead atoms. The standard InChI is InChI=1S/C12H23NO4/c1-4-13(10(3)9-12(15)16)11(14)7-6-8-17-5-2/h10H,4-9H2,1-3H3,(H,15,16). The number of hydrogen-bond donors (Lipinski definition) is 1. The molecule has 5 nitrogen and oxygen atoms in total. The summed E-state index contributed by atoms with van der Waals surface area (Å²) in [5.41, 5.74) is 0. The van der Waals surface area contributed by atoms with Crippen LogP contribution in [0.1, 0.15) is 40.0 Å². The Morgan fingerprint density at radius 3 is 2.47 bits per heavy atom. The minimum Gasteiger partial charge on any atom is -0.481 e. The van der Waals surface area contributed by atoms with Crippen molar-refractivity contribution in [2.45, 2.75) is 46.1 Å². The lowest BCUT2D eigenvalue weighted by molar-refractivity contribution is -0.140. The Kier molecular flexibility index (Phi) is 8.40. The first-order valence-corrected chi connectivity index (χ1v) is 6.11. The average molecular weight is 245 g/mol. The quantitative estimate of drug-likeness (QED) is 0.625. The fourth-order valence-electron chi connectivity index (χ4n) is 1.71. The van der Waals surface area contributed by atoms with E-state index in [0.717, 1.165) is 0 Å². The van der Waals surface area contributed by atoms with Crippen molar-refractivity contribution in [1.82, 2.24) is 4.90 Å². The number of amides is 1. The third kappa shape index (κ3) is 6.94. The van der Waals surface area contributed by atoms with Gasteiger partial charge in [-0.3, -0.25) is 9.59 Å². The molecule has 0 spiro atoms. The molecule has 1 amide bonds. The maximum absolute atomic E-state index is 11.8. The van der Waals surface area contributed by atoms with Crippen LogP contribution in [0.3, 0.4) is 0 Å². The van der Waals surface area contributed by atoms with Crippen LogP contribution in [0.5, 0.6) is 0 Å². The topological polar surface area (TPSA) is 66.8 Å². The third-order valence-corrected chi connectivity index (χ3v) is 2.55. The molecule has 1 unspecified atom stereocenters. The molecule has 17 heavy (non-hydrogen) atoms. The summed E-state index contributed by atoms with van der Waals surface area (Å²) in [5.74, 6) is -0.876. The van der Waals surface area contributed by atoms with Gasteiger partial charge in [-0.1, -0.05) is 0 Å². The minimum atomic E-state index is -0.877. The fourth-order valence-corrected chi connectivity index (χ4v) is 1.71. The van der Waals surface area contributed by atoms with E-state index in [1.807, 2.05) is 13.8 Å². The van der Waals surface area contributed by atoms with Gasteiger partial charge in [-0.2, -0.15) is 0 Å². The fraction of sp³-hybridized carbons (Fsp3) is 0.833. The summed E-state index contributed by atoms with van der Waals surface area (Å²) in [6.07, 6.45) is 1.09. The lowest BCUT2D eigenvalue weighted by Crippen LogP contribution is -2.39. The van der Waals surface area contributed by atoms with Gasteiger partial charge in [-0.15, -0.1) is 0 Å². The van der Waals surface area contributed by atoms with Crippen LogP contribution in [0.4, 0.5) is 0 Å². The Balaban J connectivity index is 4.06. The first-order chi connectivity index (χ1) is 8.02. The summed E-state index contributed by atoms with van der Waals surface area (Å²) in [4.78, 5) is 24.0. The molecule has 0 aliphatic carbocycles. The summed E-state index contributed by atoms with van der Waals surface area (Å²) in [6, 6.07) is -0.253. The van der Waals surface area contributed by atoms with E-state index in [2.05, 4.69) is 0 Å². The van der Waals surface area contributed by atoms with Gasteiger partial charge >= 0.3 is 5.97 Å². The van der Waals surface area contributed by atoms with Crippen LogP contribution in [-0.2, 0) is 14.3 Å². The lowest BCUT2D eigenvalue weighted by atomic mass is 10.1. The van der Waals surface area contributed by atoms with Gasteiger partial charge in [0.2, 0.25) is 5.91 Å². The number of carboxylic acid groups (broad SMARTS) is 1. The predicted octanol–water partition coefficient (Wildman–Crippen LogP) is 1.51. The van der Waals surface area contributed by atoms with Crippen molar-refractivity contribution >= 4 is 11.9 Å². The highest BCUT2D eigenvalue weighted by Crippen LogP contribution is 2.07. The van der Waals surface area contributed by atoms with E-state index in [4.69, 9.17) is 9.84 Å². The number of ether oxygens (including phenoxy) is 1. The molecule has 0 aromatic carbocycles. The molecule has 0 radical (unpaired) electrons. The normalized spacial score (nSPS) is 12.2. The van der Waals surface area contributed by atoms with Crippen LogP contribution in [0.2, 0.25) is 0 Å². The van der Waals surface area contributed by atoms with Crippen molar-refractivity contribution < 1.29 is 19.4 Å². The third-order valence-electron chi connectivity index (χ3n) is 2.55. The smallest absolute Gasteiger partial charge is 0.305 e. The van der Waals surface area contributed by atoms with Gasteiger partial charge < -0.3 is 14.7 Å². The molecule has 0 saturated carbocycles. The lowest BCUT2D eigenvalue weighted by Gasteiger charge is -2.27. The van der Waals surface area contributed by atoms with Crippen LogP contribution in [0.15, 0.2) is 0 Å². The van der Waals surface area contributed by atoms with E-state index in [0.29, 0.717) is 32.6 Å². The number of aliphatic carboxylic acids is 1. The molecule has 0 aliphatic heterocycles. The van der Waals surface area contributed by atoms with Crippen molar-refractivity contribution in [3.05, 3.63) is 0 Å². The summed E-state index contributed by atoms with van der Waals surface area (Å²) in [5, 5.41) is 8.70. The molecule has 1 N–H and O–H groups in total. The second-order valence-corrected chi connectivity index (χ2v) is 3.93. The molecule has 0 aliphatic rings. The van der Waals surface area contributed by atoms with E-state index in [1.165, 1.54) is 0 Å². The molecule has 0 rings (SSSR count). The molecule has 1 atom stereocenters. The second kappa shape index (κ2) is 8.98. The predicted molar refractivity (Wildman–Crippen MR) is 64.8 cm³/mol. The number of hydrogen-bond acceptors (Lipinski definition) is 3. The SMILES string of the molecule is CCOCCCC(=O)N(CC)C(C)CC(=O)O. The Labute approximate surface area is 103 Å². The molecule has 0 fully saturated rings. The summed E-state index contributed by atoms with van der Waals surface area (Å²) < 4.78 is 5.16. The van der Waals surface area contributed by atoms with Gasteiger partial charge in [-0.05, 0) is 27.2 Å². The zero-order valence-corrected chi connectivity index (χ0v) is 10.9. The largest absolute Gasteiger partial charge is 0.481 e. The minimum absolute atomic E-state index is 0.000882. The summed E-state index contributed by atoms with van der Waals surface area (Å²) in [6.45, 7) is 7.31. The molecule has 0 heterocycles. The van der Waals surface area contributed by atoms with Gasteiger partial charge in [0, 0.05) is 32.2 Å². The number of nitrogens with zero attached hydrogens (tertiary/aromatic N) is 1. The number of carboxylic acids is 1. The van der Waals surface area contributed by atoms with E-state index in [9.17, 15) is 9.59 Å². The average Bonchev–Trinajstić information content (AvgIpc) is 2.24. The van der Waals surface area contributed by atoms with Gasteiger partial charge in [0.1, 0.15) is 0 Å². The highest BCUT2D eigenvalue weighted by atomic mass is 16.5. The maximum Gasteiger partial charge on any atom is 0.305 e. The molecular weight excluding hydrogens is 222 g/mol. The molecule has 5 heteroatoms. The van der Waals surface area contributed by atoms with Gasteiger partial charge in [-0.25, -0.2) is 0 Å². The van der Waals surface area contributed by atoms with Gasteiger partial charge in [0.25, 0.3) is 0 Å². The van der Waals surface area contributed by atoms with Crippen LogP contribution in [0.25, 0.3) is 0 Å². The zero-order chi connectivity index (χ0) is 13.3. The molecule has 0 aromatic rings. The van der Waals surface area contributed by atoms with Crippen molar-refractivity contribution in [2.75, 3.05) is 19.8 Å². The van der Waals surface area contributed by atoms with E-state index in [1.54, 1.807) is 11.8 Å². The van der Waals surface area contributed by atoms with Crippen molar-refractivity contribution in [3.8, 4) is 0 Å². The Morgan fingerprint density at radius 2 is 2.00 bits per heavy atom. The van der Waals surface area contributed by atoms with Crippen molar-refractivity contribution in [1.29, 1.82) is 0 Å². The maximum atomic E-state index is 11.8. The van der Waals surface area contributed by atoms with E-state index in [-0.39, 0.29) is 18.4 Å². The zero-order valence-electron chi connectivity index (χ0n) is 10.9. The Bertz CT molecular complexity index is 243. The van der Waals surface area contributed by atoms with Crippen LogP contribution < -0.4 is 0 Å². The highest BCUT2D eigenvalue weighted by molar-refractivity contribution is 5.77. The van der Waals surface area contributed by atoms with Crippen LogP contribution >= 0.6 is 0 Å². The van der Waals surface area contributed by atoms with Crippen LogP contribution in [0, 0.1) is 0 Å². The molecule has 100 valence electrons. The Hall–Kier alpha value is -1.10. The number of rotatable bonds is 9. The highest BCUT2D eigenvalue weighted by Gasteiger charge is 2.19.